The van der Waals surface area contributed by atoms with E-state index in [9.17, 15) is 4.79 Å². The van der Waals surface area contributed by atoms with Crippen LogP contribution in [0, 0.1) is 11.8 Å². The lowest BCUT2D eigenvalue weighted by atomic mass is 10.1. The third kappa shape index (κ3) is 3.42. The summed E-state index contributed by atoms with van der Waals surface area (Å²) in [5.41, 5.74) is 5.84. The van der Waals surface area contributed by atoms with Gasteiger partial charge in [-0.2, -0.15) is 0 Å². The normalized spacial score (nSPS) is 30.6. The van der Waals surface area contributed by atoms with Gasteiger partial charge >= 0.3 is 0 Å². The average molecular weight is 239 g/mol. The highest BCUT2D eigenvalue weighted by Gasteiger charge is 2.34. The molecule has 3 N–H and O–H groups in total. The van der Waals surface area contributed by atoms with Gasteiger partial charge in [0.2, 0.25) is 5.91 Å². The zero-order valence-corrected chi connectivity index (χ0v) is 11.0. The van der Waals surface area contributed by atoms with Crippen molar-refractivity contribution in [3.8, 4) is 0 Å². The minimum Gasteiger partial charge on any atom is -0.354 e. The SMILES string of the molecule is CN(C)C(CNC(=O)C1CCC(N)C1)C1CC1. The van der Waals surface area contributed by atoms with Crippen molar-refractivity contribution in [1.82, 2.24) is 10.2 Å². The van der Waals surface area contributed by atoms with E-state index in [1.807, 2.05) is 0 Å². The number of nitrogens with zero attached hydrogens (tertiary/aromatic N) is 1. The zero-order chi connectivity index (χ0) is 12.4. The lowest BCUT2D eigenvalue weighted by Crippen LogP contribution is -2.43. The zero-order valence-electron chi connectivity index (χ0n) is 11.0. The molecule has 0 aliphatic heterocycles. The predicted molar refractivity (Wildman–Crippen MR) is 68.5 cm³/mol. The van der Waals surface area contributed by atoms with Gasteiger partial charge in [-0.15, -0.1) is 0 Å². The van der Waals surface area contributed by atoms with E-state index in [4.69, 9.17) is 5.73 Å². The monoisotopic (exact) mass is 239 g/mol. The Morgan fingerprint density at radius 1 is 1.35 bits per heavy atom. The molecule has 0 aromatic carbocycles. The first-order valence-corrected chi connectivity index (χ1v) is 6.77. The second kappa shape index (κ2) is 5.36. The van der Waals surface area contributed by atoms with E-state index >= 15 is 0 Å². The average Bonchev–Trinajstić information content (AvgIpc) is 3.00. The number of likely N-dealkylation sites (N-methyl/N-ethyl adjacent to an activating group) is 1. The summed E-state index contributed by atoms with van der Waals surface area (Å²) in [6, 6.07) is 0.743. The first-order chi connectivity index (χ1) is 8.08. The lowest BCUT2D eigenvalue weighted by molar-refractivity contribution is -0.125. The Hall–Kier alpha value is -0.610. The quantitative estimate of drug-likeness (QED) is 0.737. The maximum absolute atomic E-state index is 12.0. The minimum atomic E-state index is 0.159. The van der Waals surface area contributed by atoms with Crippen molar-refractivity contribution in [3.05, 3.63) is 0 Å². The number of nitrogens with one attached hydrogen (secondary N) is 1. The van der Waals surface area contributed by atoms with Crippen molar-refractivity contribution >= 4 is 5.91 Å². The van der Waals surface area contributed by atoms with Gasteiger partial charge in [-0.3, -0.25) is 4.79 Å². The molecule has 3 unspecified atom stereocenters. The molecule has 2 aliphatic carbocycles. The topological polar surface area (TPSA) is 58.4 Å². The summed E-state index contributed by atoms with van der Waals surface area (Å²) in [7, 11) is 4.20. The van der Waals surface area contributed by atoms with Crippen molar-refractivity contribution in [3.63, 3.8) is 0 Å². The molecule has 0 aromatic heterocycles. The van der Waals surface area contributed by atoms with Crippen molar-refractivity contribution in [2.45, 2.75) is 44.2 Å². The number of hydrogen-bond donors (Lipinski definition) is 2. The highest BCUT2D eigenvalue weighted by molar-refractivity contribution is 5.79. The fourth-order valence-corrected chi connectivity index (χ4v) is 2.86. The van der Waals surface area contributed by atoms with Gasteiger partial charge in [0.25, 0.3) is 0 Å². The first kappa shape index (κ1) is 12.8. The summed E-state index contributed by atoms with van der Waals surface area (Å²) in [6.07, 6.45) is 5.45. The number of carbonyl (C=O) groups is 1. The molecule has 98 valence electrons. The van der Waals surface area contributed by atoms with Crippen molar-refractivity contribution < 1.29 is 4.79 Å². The molecular weight excluding hydrogens is 214 g/mol. The molecule has 3 atom stereocenters. The summed E-state index contributed by atoms with van der Waals surface area (Å²) < 4.78 is 0. The van der Waals surface area contributed by atoms with Crippen LogP contribution in [0.1, 0.15) is 32.1 Å². The third-order valence-electron chi connectivity index (χ3n) is 4.16. The summed E-state index contributed by atoms with van der Waals surface area (Å²) in [5, 5.41) is 3.11. The van der Waals surface area contributed by atoms with Crippen LogP contribution >= 0.6 is 0 Å². The molecule has 0 bridgehead atoms. The maximum atomic E-state index is 12.0. The second-order valence-electron chi connectivity index (χ2n) is 5.88. The van der Waals surface area contributed by atoms with E-state index in [0.29, 0.717) is 6.04 Å². The minimum absolute atomic E-state index is 0.159. The van der Waals surface area contributed by atoms with Gasteiger partial charge in [0.1, 0.15) is 0 Å². The molecule has 0 spiro atoms. The van der Waals surface area contributed by atoms with E-state index in [1.54, 1.807) is 0 Å². The fraction of sp³-hybridized carbons (Fsp3) is 0.923. The Kier molecular flexibility index (Phi) is 4.05. The van der Waals surface area contributed by atoms with Crippen LogP contribution in [0.15, 0.2) is 0 Å². The molecule has 2 fully saturated rings. The second-order valence-corrected chi connectivity index (χ2v) is 5.88. The molecule has 0 aromatic rings. The van der Waals surface area contributed by atoms with Gasteiger partial charge < -0.3 is 16.0 Å². The Bertz CT molecular complexity index is 274. The van der Waals surface area contributed by atoms with Gasteiger partial charge in [-0.25, -0.2) is 0 Å². The first-order valence-electron chi connectivity index (χ1n) is 6.77. The molecule has 0 radical (unpaired) electrons. The van der Waals surface area contributed by atoms with Gasteiger partial charge in [0.15, 0.2) is 0 Å². The van der Waals surface area contributed by atoms with Crippen LogP contribution in [-0.2, 0) is 4.79 Å². The number of carbonyl (C=O) groups excluding carboxylic acids is 1. The van der Waals surface area contributed by atoms with Crippen molar-refractivity contribution in [2.75, 3.05) is 20.6 Å². The number of amides is 1. The van der Waals surface area contributed by atoms with E-state index in [0.717, 1.165) is 31.7 Å². The summed E-state index contributed by atoms with van der Waals surface area (Å²) >= 11 is 0. The Morgan fingerprint density at radius 2 is 2.06 bits per heavy atom. The molecule has 2 saturated carbocycles. The standard InChI is InChI=1S/C13H25N3O/c1-16(2)12(9-3-4-9)8-15-13(17)10-5-6-11(14)7-10/h9-12H,3-8,14H2,1-2H3,(H,15,17). The van der Waals surface area contributed by atoms with Crippen LogP contribution in [0.2, 0.25) is 0 Å². The molecule has 0 heterocycles. The molecule has 2 rings (SSSR count). The fourth-order valence-electron chi connectivity index (χ4n) is 2.86. The molecule has 2 aliphatic rings. The number of hydrogen-bond acceptors (Lipinski definition) is 3. The van der Waals surface area contributed by atoms with Crippen molar-refractivity contribution in [1.29, 1.82) is 0 Å². The molecule has 1 amide bonds. The van der Waals surface area contributed by atoms with E-state index < -0.39 is 0 Å². The van der Waals surface area contributed by atoms with Crippen molar-refractivity contribution in [2.24, 2.45) is 17.6 Å². The Balaban J connectivity index is 1.74. The number of nitrogens with two attached hydrogens (primary N) is 1. The van der Waals surface area contributed by atoms with E-state index in [-0.39, 0.29) is 17.9 Å². The summed E-state index contributed by atoms with van der Waals surface area (Å²) in [6.45, 7) is 0.794. The van der Waals surface area contributed by atoms with Crippen LogP contribution in [-0.4, -0.2) is 43.5 Å². The lowest BCUT2D eigenvalue weighted by Gasteiger charge is -2.25. The van der Waals surface area contributed by atoms with Crippen LogP contribution in [0.5, 0.6) is 0 Å². The van der Waals surface area contributed by atoms with E-state index in [1.165, 1.54) is 12.8 Å². The molecule has 4 nitrogen and oxygen atoms in total. The maximum Gasteiger partial charge on any atom is 0.223 e. The molecule has 0 saturated heterocycles. The summed E-state index contributed by atoms with van der Waals surface area (Å²) in [4.78, 5) is 14.2. The van der Waals surface area contributed by atoms with Gasteiger partial charge in [-0.05, 0) is 52.1 Å². The Labute approximate surface area is 104 Å². The van der Waals surface area contributed by atoms with Crippen LogP contribution in [0.25, 0.3) is 0 Å². The molecule has 4 heteroatoms. The van der Waals surface area contributed by atoms with Crippen LogP contribution in [0.4, 0.5) is 0 Å². The molecule has 17 heavy (non-hydrogen) atoms. The third-order valence-corrected chi connectivity index (χ3v) is 4.16. The van der Waals surface area contributed by atoms with Crippen LogP contribution in [0.3, 0.4) is 0 Å². The smallest absolute Gasteiger partial charge is 0.223 e. The van der Waals surface area contributed by atoms with Gasteiger partial charge in [0.05, 0.1) is 0 Å². The largest absolute Gasteiger partial charge is 0.354 e. The van der Waals surface area contributed by atoms with Crippen LogP contribution < -0.4 is 11.1 Å². The van der Waals surface area contributed by atoms with Gasteiger partial charge in [-0.1, -0.05) is 0 Å². The Morgan fingerprint density at radius 3 is 2.53 bits per heavy atom. The summed E-state index contributed by atoms with van der Waals surface area (Å²) in [5.74, 6) is 1.16. The number of rotatable bonds is 5. The molecular formula is C13H25N3O. The highest BCUT2D eigenvalue weighted by Crippen LogP contribution is 2.34. The van der Waals surface area contributed by atoms with E-state index in [2.05, 4.69) is 24.3 Å². The highest BCUT2D eigenvalue weighted by atomic mass is 16.1. The predicted octanol–water partition coefficient (Wildman–Crippen LogP) is 0.570. The van der Waals surface area contributed by atoms with Gasteiger partial charge in [0, 0.05) is 24.5 Å².